The van der Waals surface area contributed by atoms with Crippen LogP contribution in [0.4, 0.5) is 4.39 Å². The Labute approximate surface area is 117 Å². The van der Waals surface area contributed by atoms with E-state index in [2.05, 4.69) is 39.9 Å². The molecule has 0 fully saturated rings. The Balaban J connectivity index is 2.87. The molecule has 0 bridgehead atoms. The summed E-state index contributed by atoms with van der Waals surface area (Å²) >= 11 is 0. The molecule has 0 aromatic heterocycles. The van der Waals surface area contributed by atoms with E-state index in [0.29, 0.717) is 12.0 Å². The van der Waals surface area contributed by atoms with Crippen LogP contribution in [0.2, 0.25) is 0 Å². The van der Waals surface area contributed by atoms with Gasteiger partial charge in [0.2, 0.25) is 0 Å². The van der Waals surface area contributed by atoms with Crippen molar-refractivity contribution in [2.24, 2.45) is 5.92 Å². The number of hydrogen-bond donors (Lipinski definition) is 1. The standard InChI is InChI=1S/C17H28FN/c1-6-19-16(12-7-13(2)3)17(4,5)14-8-10-15(18)11-9-14/h8-11,13,16,19H,6-7,12H2,1-5H3. The molecule has 19 heavy (non-hydrogen) atoms. The summed E-state index contributed by atoms with van der Waals surface area (Å²) < 4.78 is 13.1. The first kappa shape index (κ1) is 16.2. The van der Waals surface area contributed by atoms with Crippen molar-refractivity contribution in [1.82, 2.24) is 5.32 Å². The summed E-state index contributed by atoms with van der Waals surface area (Å²) in [5.74, 6) is 0.548. The van der Waals surface area contributed by atoms with Crippen LogP contribution in [0.5, 0.6) is 0 Å². The summed E-state index contributed by atoms with van der Waals surface area (Å²) in [6.45, 7) is 12.1. The van der Waals surface area contributed by atoms with Crippen LogP contribution in [0.15, 0.2) is 24.3 Å². The molecule has 1 nitrogen and oxygen atoms in total. The van der Waals surface area contributed by atoms with E-state index >= 15 is 0 Å². The number of nitrogens with one attached hydrogen (secondary N) is 1. The Morgan fingerprint density at radius 1 is 1.11 bits per heavy atom. The minimum atomic E-state index is -0.165. The lowest BCUT2D eigenvalue weighted by Crippen LogP contribution is -2.45. The van der Waals surface area contributed by atoms with Gasteiger partial charge in [-0.25, -0.2) is 4.39 Å². The molecule has 0 aliphatic heterocycles. The summed E-state index contributed by atoms with van der Waals surface area (Å²) in [4.78, 5) is 0. The van der Waals surface area contributed by atoms with E-state index in [1.54, 1.807) is 12.1 Å². The van der Waals surface area contributed by atoms with Crippen molar-refractivity contribution in [3.05, 3.63) is 35.6 Å². The van der Waals surface area contributed by atoms with E-state index in [9.17, 15) is 4.39 Å². The molecule has 108 valence electrons. The van der Waals surface area contributed by atoms with Gasteiger partial charge in [-0.15, -0.1) is 0 Å². The van der Waals surface area contributed by atoms with E-state index in [-0.39, 0.29) is 11.2 Å². The van der Waals surface area contributed by atoms with Crippen LogP contribution in [0.1, 0.15) is 53.0 Å². The normalized spacial score (nSPS) is 13.8. The zero-order valence-electron chi connectivity index (χ0n) is 13.0. The van der Waals surface area contributed by atoms with Gasteiger partial charge in [0.1, 0.15) is 5.82 Å². The maximum Gasteiger partial charge on any atom is 0.123 e. The number of halogens is 1. The second-order valence-electron chi connectivity index (χ2n) is 6.31. The molecular formula is C17H28FN. The Morgan fingerprint density at radius 3 is 2.16 bits per heavy atom. The molecule has 0 aliphatic rings. The van der Waals surface area contributed by atoms with Gasteiger partial charge >= 0.3 is 0 Å². The van der Waals surface area contributed by atoms with Crippen LogP contribution in [0.3, 0.4) is 0 Å². The third-order valence-corrected chi connectivity index (χ3v) is 3.94. The van der Waals surface area contributed by atoms with Crippen LogP contribution in [-0.2, 0) is 5.41 Å². The SMILES string of the molecule is CCNC(CCC(C)C)C(C)(C)c1ccc(F)cc1. The van der Waals surface area contributed by atoms with Gasteiger partial charge in [-0.1, -0.05) is 46.8 Å². The van der Waals surface area contributed by atoms with Gasteiger partial charge in [-0.2, -0.15) is 0 Å². The van der Waals surface area contributed by atoms with E-state index in [1.165, 1.54) is 12.0 Å². The predicted octanol–water partition coefficient (Wildman–Crippen LogP) is 4.52. The fraction of sp³-hybridized carbons (Fsp3) is 0.647. The van der Waals surface area contributed by atoms with Gasteiger partial charge in [0, 0.05) is 11.5 Å². The molecule has 1 N–H and O–H groups in total. The van der Waals surface area contributed by atoms with Crippen molar-refractivity contribution in [2.45, 2.75) is 58.9 Å². The predicted molar refractivity (Wildman–Crippen MR) is 81.0 cm³/mol. The number of likely N-dealkylation sites (N-methyl/N-ethyl adjacent to an activating group) is 1. The third-order valence-electron chi connectivity index (χ3n) is 3.94. The second-order valence-corrected chi connectivity index (χ2v) is 6.31. The largest absolute Gasteiger partial charge is 0.313 e. The topological polar surface area (TPSA) is 12.0 Å². The lowest BCUT2D eigenvalue weighted by molar-refractivity contribution is 0.308. The highest BCUT2D eigenvalue weighted by atomic mass is 19.1. The zero-order chi connectivity index (χ0) is 14.5. The molecule has 1 rings (SSSR count). The highest BCUT2D eigenvalue weighted by Gasteiger charge is 2.30. The first-order valence-electron chi connectivity index (χ1n) is 7.37. The Morgan fingerprint density at radius 2 is 1.68 bits per heavy atom. The molecule has 1 aromatic rings. The lowest BCUT2D eigenvalue weighted by atomic mass is 9.75. The average Bonchev–Trinajstić information content (AvgIpc) is 2.34. The van der Waals surface area contributed by atoms with E-state index in [0.717, 1.165) is 13.0 Å². The summed E-state index contributed by atoms with van der Waals surface area (Å²) in [7, 11) is 0. The first-order valence-corrected chi connectivity index (χ1v) is 7.37. The summed E-state index contributed by atoms with van der Waals surface area (Å²) in [5, 5.41) is 3.60. The highest BCUT2D eigenvalue weighted by Crippen LogP contribution is 2.30. The van der Waals surface area contributed by atoms with Gasteiger partial charge in [0.15, 0.2) is 0 Å². The minimum absolute atomic E-state index is 0.0125. The van der Waals surface area contributed by atoms with Crippen LogP contribution in [-0.4, -0.2) is 12.6 Å². The van der Waals surface area contributed by atoms with Gasteiger partial charge < -0.3 is 5.32 Å². The third kappa shape index (κ3) is 4.61. The van der Waals surface area contributed by atoms with Crippen molar-refractivity contribution in [1.29, 1.82) is 0 Å². The molecule has 2 heteroatoms. The quantitative estimate of drug-likeness (QED) is 0.764. The minimum Gasteiger partial charge on any atom is -0.313 e. The fourth-order valence-electron chi connectivity index (χ4n) is 2.55. The van der Waals surface area contributed by atoms with E-state index < -0.39 is 0 Å². The molecule has 0 heterocycles. The van der Waals surface area contributed by atoms with Crippen molar-refractivity contribution in [2.75, 3.05) is 6.54 Å². The van der Waals surface area contributed by atoms with Gasteiger partial charge in [0.25, 0.3) is 0 Å². The van der Waals surface area contributed by atoms with E-state index in [1.807, 2.05) is 12.1 Å². The van der Waals surface area contributed by atoms with Gasteiger partial charge in [-0.05, 0) is 43.0 Å². The smallest absolute Gasteiger partial charge is 0.123 e. The summed E-state index contributed by atoms with van der Waals surface area (Å²) in [6, 6.07) is 7.36. The number of hydrogen-bond acceptors (Lipinski definition) is 1. The Bertz CT molecular complexity index is 367. The Kier molecular flexibility index (Phi) is 5.99. The monoisotopic (exact) mass is 265 g/mol. The summed E-state index contributed by atoms with van der Waals surface area (Å²) in [5.41, 5.74) is 1.21. The number of rotatable bonds is 7. The molecule has 1 unspecified atom stereocenters. The molecule has 0 aliphatic carbocycles. The molecule has 0 spiro atoms. The van der Waals surface area contributed by atoms with Crippen LogP contribution < -0.4 is 5.32 Å². The fourth-order valence-corrected chi connectivity index (χ4v) is 2.55. The molecule has 0 saturated heterocycles. The van der Waals surface area contributed by atoms with Gasteiger partial charge in [-0.3, -0.25) is 0 Å². The average molecular weight is 265 g/mol. The van der Waals surface area contributed by atoms with Crippen molar-refractivity contribution >= 4 is 0 Å². The van der Waals surface area contributed by atoms with Crippen LogP contribution in [0.25, 0.3) is 0 Å². The highest BCUT2D eigenvalue weighted by molar-refractivity contribution is 5.26. The first-order chi connectivity index (χ1) is 8.87. The maximum atomic E-state index is 13.1. The second kappa shape index (κ2) is 7.04. The maximum absolute atomic E-state index is 13.1. The van der Waals surface area contributed by atoms with Crippen molar-refractivity contribution < 1.29 is 4.39 Å². The molecule has 1 aromatic carbocycles. The molecule has 0 amide bonds. The molecule has 0 saturated carbocycles. The number of benzene rings is 1. The Hall–Kier alpha value is -0.890. The van der Waals surface area contributed by atoms with Crippen molar-refractivity contribution in [3.63, 3.8) is 0 Å². The molecule has 1 atom stereocenters. The molecular weight excluding hydrogens is 237 g/mol. The van der Waals surface area contributed by atoms with E-state index in [4.69, 9.17) is 0 Å². The summed E-state index contributed by atoms with van der Waals surface area (Å²) in [6.07, 6.45) is 2.36. The van der Waals surface area contributed by atoms with Crippen molar-refractivity contribution in [3.8, 4) is 0 Å². The lowest BCUT2D eigenvalue weighted by Gasteiger charge is -2.36. The van der Waals surface area contributed by atoms with Gasteiger partial charge in [0.05, 0.1) is 0 Å². The molecule has 0 radical (unpaired) electrons. The van der Waals surface area contributed by atoms with Crippen LogP contribution >= 0.6 is 0 Å². The van der Waals surface area contributed by atoms with Crippen LogP contribution in [0, 0.1) is 11.7 Å². The zero-order valence-corrected chi connectivity index (χ0v) is 13.0.